The number of hydrogen-bond acceptors (Lipinski definition) is 0. The van der Waals surface area contributed by atoms with Crippen molar-refractivity contribution in [3.8, 4) is 0 Å². The Balaban J connectivity index is 2.22. The van der Waals surface area contributed by atoms with Crippen molar-refractivity contribution in [1.29, 1.82) is 0 Å². The predicted octanol–water partition coefficient (Wildman–Crippen LogP) is 7.82. The van der Waals surface area contributed by atoms with E-state index in [0.717, 1.165) is 10.1 Å². The molecular weight excluding hydrogens is 500 g/mol. The molecule has 0 amide bonds. The monoisotopic (exact) mass is 518 g/mol. The summed E-state index contributed by atoms with van der Waals surface area (Å²) in [6.07, 6.45) is 0. The maximum absolute atomic E-state index is 7.30. The van der Waals surface area contributed by atoms with Gasteiger partial charge in [-0.1, -0.05) is 155 Å². The Morgan fingerprint density at radius 3 is 1.13 bits per heavy atom. The highest BCUT2D eigenvalue weighted by atomic mass is 35.9. The van der Waals surface area contributed by atoms with Crippen molar-refractivity contribution in [2.45, 2.75) is 0 Å². The normalized spacial score (nSPS) is 12.5. The first kappa shape index (κ1) is 23.1. The summed E-state index contributed by atoms with van der Waals surface area (Å²) in [6.45, 7) is -3.84. The van der Waals surface area contributed by atoms with Crippen LogP contribution in [0.1, 0.15) is 0 Å². The fraction of sp³-hybridized carbons (Fsp3) is 0. The Hall–Kier alpha value is -1.09. The molecule has 1 unspecified atom stereocenters. The zero-order valence-corrected chi connectivity index (χ0v) is 21.5. The minimum atomic E-state index is -2.36. The molecule has 0 radical (unpaired) electrons. The summed E-state index contributed by atoms with van der Waals surface area (Å²) < 4.78 is 1.05. The Kier molecular flexibility index (Phi) is 7.96. The standard InChI is InChI=1S/C25H20Cl3P3/c26-29(21-13-5-1-6-14-21)25(30(27)28)31(22-15-7-2-8-16-22,23-17-9-3-10-18-23)24-19-11-4-12-20-24/h1-20H. The average Bonchev–Trinajstić information content (AvgIpc) is 2.84. The van der Waals surface area contributed by atoms with Gasteiger partial charge in [-0.2, -0.15) is 0 Å². The van der Waals surface area contributed by atoms with Gasteiger partial charge in [0.1, 0.15) is 6.63 Å². The van der Waals surface area contributed by atoms with Crippen molar-refractivity contribution in [2.24, 2.45) is 0 Å². The molecule has 0 nitrogen and oxygen atoms in total. The SMILES string of the molecule is ClP(Cl)C(P(Cl)c1ccccc1)=P(c1ccccc1)(c1ccccc1)c1ccccc1. The van der Waals surface area contributed by atoms with Gasteiger partial charge >= 0.3 is 0 Å². The molecule has 0 bridgehead atoms. The van der Waals surface area contributed by atoms with E-state index in [1.165, 1.54) is 15.9 Å². The van der Waals surface area contributed by atoms with Gasteiger partial charge in [-0.05, 0) is 28.1 Å². The summed E-state index contributed by atoms with van der Waals surface area (Å²) in [6, 6.07) is 41.9. The molecule has 0 saturated heterocycles. The summed E-state index contributed by atoms with van der Waals surface area (Å²) in [5.41, 5.74) is 0. The zero-order chi connectivity index (χ0) is 21.7. The number of hydrogen-bond donors (Lipinski definition) is 0. The Labute approximate surface area is 201 Å². The third kappa shape index (κ3) is 4.68. The van der Waals surface area contributed by atoms with E-state index in [1.807, 2.05) is 36.4 Å². The van der Waals surface area contributed by atoms with Gasteiger partial charge in [-0.15, -0.1) is 0 Å². The summed E-state index contributed by atoms with van der Waals surface area (Å²) in [5, 5.41) is 4.69. The second-order valence-corrected chi connectivity index (χ2v) is 17.2. The van der Waals surface area contributed by atoms with Crippen molar-refractivity contribution < 1.29 is 0 Å². The molecule has 4 rings (SSSR count). The second-order valence-electron chi connectivity index (χ2n) is 6.83. The smallest absolute Gasteiger partial charge is 0.0857 e. The maximum Gasteiger partial charge on any atom is 0.119 e. The van der Waals surface area contributed by atoms with Gasteiger partial charge in [0.05, 0.1) is 7.27 Å². The molecular formula is C25H20Cl3P3. The summed E-state index contributed by atoms with van der Waals surface area (Å²) in [5.74, 6) is 0. The fourth-order valence-corrected chi connectivity index (χ4v) is 19.2. The lowest BCUT2D eigenvalue weighted by molar-refractivity contribution is 1.73. The Morgan fingerprint density at radius 1 is 0.484 bits per heavy atom. The lowest BCUT2D eigenvalue weighted by Crippen LogP contribution is -2.29. The first-order valence-corrected chi connectivity index (χ1v) is 16.9. The zero-order valence-electron chi connectivity index (χ0n) is 16.5. The van der Waals surface area contributed by atoms with Crippen molar-refractivity contribution in [2.75, 3.05) is 0 Å². The molecule has 0 fully saturated rings. The van der Waals surface area contributed by atoms with Crippen LogP contribution >= 0.6 is 54.5 Å². The van der Waals surface area contributed by atoms with Gasteiger partial charge in [-0.25, -0.2) is 0 Å². The highest BCUT2D eigenvalue weighted by Crippen LogP contribution is 2.70. The molecule has 0 heterocycles. The maximum atomic E-state index is 7.30. The van der Waals surface area contributed by atoms with Crippen molar-refractivity contribution >= 4 is 80.5 Å². The quantitative estimate of drug-likeness (QED) is 0.228. The van der Waals surface area contributed by atoms with E-state index in [2.05, 4.69) is 84.9 Å². The summed E-state index contributed by atoms with van der Waals surface area (Å²) in [7, 11) is -1.23. The van der Waals surface area contributed by atoms with Crippen molar-refractivity contribution in [3.63, 3.8) is 0 Å². The lowest BCUT2D eigenvalue weighted by Gasteiger charge is -2.34. The molecule has 0 aliphatic rings. The number of halogens is 3. The van der Waals surface area contributed by atoms with Crippen molar-refractivity contribution in [3.05, 3.63) is 121 Å². The molecule has 4 aromatic rings. The summed E-state index contributed by atoms with van der Waals surface area (Å²) in [4.78, 5) is 0. The van der Waals surface area contributed by atoms with Crippen LogP contribution in [0.2, 0.25) is 0 Å². The number of benzene rings is 4. The highest BCUT2D eigenvalue weighted by Gasteiger charge is 2.36. The van der Waals surface area contributed by atoms with Crippen LogP contribution < -0.4 is 21.2 Å². The van der Waals surface area contributed by atoms with E-state index in [-0.39, 0.29) is 0 Å². The molecule has 0 aliphatic carbocycles. The third-order valence-electron chi connectivity index (χ3n) is 5.04. The van der Waals surface area contributed by atoms with E-state index in [1.54, 1.807) is 0 Å². The molecule has 0 spiro atoms. The van der Waals surface area contributed by atoms with Crippen LogP contribution in [-0.4, -0.2) is 4.78 Å². The molecule has 0 aromatic heterocycles. The van der Waals surface area contributed by atoms with Gasteiger partial charge in [0.2, 0.25) is 0 Å². The van der Waals surface area contributed by atoms with Gasteiger partial charge in [0.15, 0.2) is 0 Å². The molecule has 4 aromatic carbocycles. The van der Waals surface area contributed by atoms with Crippen LogP contribution in [0.3, 0.4) is 0 Å². The van der Waals surface area contributed by atoms with E-state index in [4.69, 9.17) is 33.7 Å². The second kappa shape index (κ2) is 10.7. The Bertz CT molecular complexity index is 1060. The van der Waals surface area contributed by atoms with Crippen LogP contribution in [0.4, 0.5) is 0 Å². The topological polar surface area (TPSA) is 0 Å². The van der Waals surface area contributed by atoms with E-state index < -0.39 is 20.8 Å². The molecule has 0 N–H and O–H groups in total. The van der Waals surface area contributed by atoms with Crippen LogP contribution in [0, 0.1) is 0 Å². The lowest BCUT2D eigenvalue weighted by atomic mass is 10.4. The van der Waals surface area contributed by atoms with E-state index in [9.17, 15) is 0 Å². The first-order valence-electron chi connectivity index (χ1n) is 9.72. The van der Waals surface area contributed by atoms with E-state index in [0.29, 0.717) is 0 Å². The molecule has 0 saturated carbocycles. The molecule has 0 aliphatic heterocycles. The molecule has 31 heavy (non-hydrogen) atoms. The van der Waals surface area contributed by atoms with Gasteiger partial charge < -0.3 is 0 Å². The molecule has 156 valence electrons. The fourth-order valence-electron chi connectivity index (χ4n) is 3.73. The first-order chi connectivity index (χ1) is 15.2. The van der Waals surface area contributed by atoms with Gasteiger partial charge in [0, 0.05) is 4.78 Å². The van der Waals surface area contributed by atoms with Crippen LogP contribution in [0.15, 0.2) is 121 Å². The largest absolute Gasteiger partial charge is 0.119 e. The highest BCUT2D eigenvalue weighted by molar-refractivity contribution is 8.39. The summed E-state index contributed by atoms with van der Waals surface area (Å²) >= 11 is 21.1. The van der Waals surface area contributed by atoms with E-state index >= 15 is 0 Å². The van der Waals surface area contributed by atoms with Gasteiger partial charge in [0.25, 0.3) is 0 Å². The van der Waals surface area contributed by atoms with Gasteiger partial charge in [-0.3, -0.25) is 0 Å². The van der Waals surface area contributed by atoms with Crippen LogP contribution in [-0.2, 0) is 0 Å². The predicted molar refractivity (Wildman–Crippen MR) is 148 cm³/mol. The minimum Gasteiger partial charge on any atom is -0.0857 e. The van der Waals surface area contributed by atoms with Crippen molar-refractivity contribution in [1.82, 2.24) is 0 Å². The minimum absolute atomic E-state index is 1.05. The van der Waals surface area contributed by atoms with Crippen LogP contribution in [0.5, 0.6) is 0 Å². The number of rotatable bonds is 6. The molecule has 6 heteroatoms. The third-order valence-corrected chi connectivity index (χ3v) is 18.7. The average molecular weight is 520 g/mol. The Morgan fingerprint density at radius 2 is 0.806 bits per heavy atom. The van der Waals surface area contributed by atoms with Crippen LogP contribution in [0.25, 0.3) is 0 Å². The molecule has 1 atom stereocenters.